The van der Waals surface area contributed by atoms with Gasteiger partial charge < -0.3 is 9.47 Å². The highest BCUT2D eigenvalue weighted by Gasteiger charge is 2.16. The predicted octanol–water partition coefficient (Wildman–Crippen LogP) is 2.94. The number of nitrogens with one attached hydrogen (secondary N) is 1. The number of ether oxygens (including phenoxy) is 2. The van der Waals surface area contributed by atoms with E-state index in [0.717, 1.165) is 16.9 Å². The number of thiophene rings is 1. The van der Waals surface area contributed by atoms with Crippen molar-refractivity contribution in [1.82, 2.24) is 4.72 Å². The first kappa shape index (κ1) is 17.1. The third-order valence-electron chi connectivity index (χ3n) is 2.99. The first-order valence-electron chi connectivity index (χ1n) is 6.42. The van der Waals surface area contributed by atoms with E-state index in [4.69, 9.17) is 21.1 Å². The average Bonchev–Trinajstić information content (AvgIpc) is 2.95. The number of methoxy groups -OCH3 is 2. The van der Waals surface area contributed by atoms with E-state index in [1.807, 2.05) is 12.1 Å². The molecule has 0 spiro atoms. The molecule has 0 bridgehead atoms. The van der Waals surface area contributed by atoms with E-state index in [2.05, 4.69) is 4.72 Å². The molecule has 1 heterocycles. The monoisotopic (exact) mass is 361 g/mol. The Morgan fingerprint density at radius 2 is 1.95 bits per heavy atom. The normalized spacial score (nSPS) is 11.4. The summed E-state index contributed by atoms with van der Waals surface area (Å²) in [6.45, 7) is 0.264. The summed E-state index contributed by atoms with van der Waals surface area (Å²) in [5, 5.41) is 0. The topological polar surface area (TPSA) is 64.6 Å². The van der Waals surface area contributed by atoms with Crippen LogP contribution < -0.4 is 14.2 Å². The van der Waals surface area contributed by atoms with Gasteiger partial charge in [-0.25, -0.2) is 13.1 Å². The van der Waals surface area contributed by atoms with Gasteiger partial charge in [-0.1, -0.05) is 17.7 Å². The molecule has 0 radical (unpaired) electrons. The van der Waals surface area contributed by atoms with Crippen LogP contribution in [0.4, 0.5) is 0 Å². The van der Waals surface area contributed by atoms with Gasteiger partial charge in [0, 0.05) is 12.6 Å². The van der Waals surface area contributed by atoms with Crippen LogP contribution in [0.3, 0.4) is 0 Å². The van der Waals surface area contributed by atoms with E-state index in [1.165, 1.54) is 6.07 Å². The molecule has 1 N–H and O–H groups in total. The SMILES string of the molecule is COc1ccc(CCNS(=O)(=O)c2ccc(Cl)s2)c(OC)c1. The van der Waals surface area contributed by atoms with E-state index in [0.29, 0.717) is 22.3 Å². The maximum atomic E-state index is 12.1. The van der Waals surface area contributed by atoms with Crippen LogP contribution in [0.1, 0.15) is 5.56 Å². The fourth-order valence-corrected chi connectivity index (χ4v) is 4.45. The lowest BCUT2D eigenvalue weighted by Gasteiger charge is -2.10. The molecule has 0 fully saturated rings. The Balaban J connectivity index is 2.02. The lowest BCUT2D eigenvalue weighted by atomic mass is 10.1. The summed E-state index contributed by atoms with van der Waals surface area (Å²) >= 11 is 6.79. The molecular formula is C14H16ClNO4S2. The molecule has 0 aliphatic heterocycles. The lowest BCUT2D eigenvalue weighted by Crippen LogP contribution is -2.25. The fraction of sp³-hybridized carbons (Fsp3) is 0.286. The fourth-order valence-electron chi connectivity index (χ4n) is 1.89. The van der Waals surface area contributed by atoms with Crippen molar-refractivity contribution in [1.29, 1.82) is 0 Å². The number of rotatable bonds is 7. The molecule has 8 heteroatoms. The van der Waals surface area contributed by atoms with Crippen LogP contribution in [0.2, 0.25) is 4.34 Å². The van der Waals surface area contributed by atoms with Gasteiger partial charge in [0.25, 0.3) is 0 Å². The molecule has 2 aromatic rings. The molecule has 0 amide bonds. The molecular weight excluding hydrogens is 346 g/mol. The third kappa shape index (κ3) is 4.13. The summed E-state index contributed by atoms with van der Waals surface area (Å²) in [5.74, 6) is 1.35. The van der Waals surface area contributed by atoms with Gasteiger partial charge in [-0.15, -0.1) is 11.3 Å². The van der Waals surface area contributed by atoms with Gasteiger partial charge in [0.05, 0.1) is 18.6 Å². The van der Waals surface area contributed by atoms with Crippen molar-refractivity contribution in [2.24, 2.45) is 0 Å². The Kier molecular flexibility index (Phi) is 5.69. The highest BCUT2D eigenvalue weighted by molar-refractivity contribution is 7.91. The summed E-state index contributed by atoms with van der Waals surface area (Å²) in [6, 6.07) is 8.48. The van der Waals surface area contributed by atoms with E-state index >= 15 is 0 Å². The van der Waals surface area contributed by atoms with E-state index in [9.17, 15) is 8.42 Å². The molecule has 22 heavy (non-hydrogen) atoms. The summed E-state index contributed by atoms with van der Waals surface area (Å²) in [4.78, 5) is 0. The zero-order chi connectivity index (χ0) is 16.2. The van der Waals surface area contributed by atoms with Crippen LogP contribution in [0, 0.1) is 0 Å². The zero-order valence-corrected chi connectivity index (χ0v) is 14.5. The second-order valence-corrected chi connectivity index (χ2v) is 8.09. The number of hydrogen-bond acceptors (Lipinski definition) is 5. The quantitative estimate of drug-likeness (QED) is 0.823. The molecule has 0 aliphatic rings. The molecule has 1 aromatic heterocycles. The minimum atomic E-state index is -3.52. The molecule has 0 saturated heterocycles. The summed E-state index contributed by atoms with van der Waals surface area (Å²) < 4.78 is 37.8. The number of halogens is 1. The van der Waals surface area contributed by atoms with Gasteiger partial charge in [-0.05, 0) is 30.2 Å². The van der Waals surface area contributed by atoms with Gasteiger partial charge in [-0.3, -0.25) is 0 Å². The number of benzene rings is 1. The van der Waals surface area contributed by atoms with Crippen molar-refractivity contribution >= 4 is 33.0 Å². The Morgan fingerprint density at radius 3 is 2.55 bits per heavy atom. The number of sulfonamides is 1. The molecule has 0 unspecified atom stereocenters. The van der Waals surface area contributed by atoms with Crippen molar-refractivity contribution in [3.63, 3.8) is 0 Å². The molecule has 0 saturated carbocycles. The maximum Gasteiger partial charge on any atom is 0.250 e. The summed E-state index contributed by atoms with van der Waals surface area (Å²) in [7, 11) is -0.380. The van der Waals surface area contributed by atoms with Gasteiger partial charge in [0.1, 0.15) is 15.7 Å². The molecule has 5 nitrogen and oxygen atoms in total. The number of hydrogen-bond donors (Lipinski definition) is 1. The smallest absolute Gasteiger partial charge is 0.250 e. The highest BCUT2D eigenvalue weighted by Crippen LogP contribution is 2.26. The van der Waals surface area contributed by atoms with Crippen molar-refractivity contribution in [2.75, 3.05) is 20.8 Å². The summed E-state index contributed by atoms with van der Waals surface area (Å²) in [5.41, 5.74) is 0.898. The first-order chi connectivity index (χ1) is 10.5. The van der Waals surface area contributed by atoms with Gasteiger partial charge in [0.2, 0.25) is 10.0 Å². The van der Waals surface area contributed by atoms with E-state index in [1.54, 1.807) is 26.4 Å². The van der Waals surface area contributed by atoms with Crippen molar-refractivity contribution in [2.45, 2.75) is 10.6 Å². The van der Waals surface area contributed by atoms with Gasteiger partial charge in [-0.2, -0.15) is 0 Å². The maximum absolute atomic E-state index is 12.1. The van der Waals surface area contributed by atoms with Crippen LogP contribution in [-0.2, 0) is 16.4 Å². The Morgan fingerprint density at radius 1 is 1.18 bits per heavy atom. The zero-order valence-electron chi connectivity index (χ0n) is 12.1. The van der Waals surface area contributed by atoms with E-state index < -0.39 is 10.0 Å². The molecule has 120 valence electrons. The Hall–Kier alpha value is -1.28. The standard InChI is InChI=1S/C14H16ClNO4S2/c1-19-11-4-3-10(12(9-11)20-2)7-8-16-22(17,18)14-6-5-13(15)21-14/h3-6,9,16H,7-8H2,1-2H3. The molecule has 0 atom stereocenters. The first-order valence-corrected chi connectivity index (χ1v) is 9.10. The molecule has 2 rings (SSSR count). The van der Waals surface area contributed by atoms with Crippen molar-refractivity contribution in [3.8, 4) is 11.5 Å². The minimum Gasteiger partial charge on any atom is -0.497 e. The second-order valence-electron chi connectivity index (χ2n) is 4.38. The van der Waals surface area contributed by atoms with Crippen LogP contribution in [-0.4, -0.2) is 29.2 Å². The summed E-state index contributed by atoms with van der Waals surface area (Å²) in [6.07, 6.45) is 0.505. The minimum absolute atomic E-state index is 0.208. The highest BCUT2D eigenvalue weighted by atomic mass is 35.5. The predicted molar refractivity (Wildman–Crippen MR) is 87.8 cm³/mol. The van der Waals surface area contributed by atoms with Gasteiger partial charge >= 0.3 is 0 Å². The molecule has 0 aliphatic carbocycles. The third-order valence-corrected chi connectivity index (χ3v) is 6.18. The van der Waals surface area contributed by atoms with Crippen LogP contribution in [0.25, 0.3) is 0 Å². The second kappa shape index (κ2) is 7.32. The lowest BCUT2D eigenvalue weighted by molar-refractivity contribution is 0.391. The largest absolute Gasteiger partial charge is 0.497 e. The van der Waals surface area contributed by atoms with Crippen LogP contribution >= 0.6 is 22.9 Å². The Labute approximate surface area is 138 Å². The van der Waals surface area contributed by atoms with Gasteiger partial charge in [0.15, 0.2) is 0 Å². The van der Waals surface area contributed by atoms with Crippen molar-refractivity contribution < 1.29 is 17.9 Å². The van der Waals surface area contributed by atoms with Crippen LogP contribution in [0.15, 0.2) is 34.5 Å². The van der Waals surface area contributed by atoms with E-state index in [-0.39, 0.29) is 10.8 Å². The van der Waals surface area contributed by atoms with Crippen molar-refractivity contribution in [3.05, 3.63) is 40.2 Å². The average molecular weight is 362 g/mol. The van der Waals surface area contributed by atoms with Crippen LogP contribution in [0.5, 0.6) is 11.5 Å². The Bertz CT molecular complexity index is 743. The molecule has 1 aromatic carbocycles.